The highest BCUT2D eigenvalue weighted by Crippen LogP contribution is 2.29. The predicted octanol–water partition coefficient (Wildman–Crippen LogP) is 3.97. The van der Waals surface area contributed by atoms with E-state index in [0.29, 0.717) is 28.4 Å². The highest BCUT2D eigenvalue weighted by molar-refractivity contribution is 9.10. The van der Waals surface area contributed by atoms with E-state index in [-0.39, 0.29) is 12.4 Å². The molecule has 2 aromatic rings. The Morgan fingerprint density at radius 3 is 2.68 bits per heavy atom. The molecule has 0 saturated heterocycles. The van der Waals surface area contributed by atoms with E-state index in [2.05, 4.69) is 36.5 Å². The Bertz CT molecular complexity index is 745. The molecule has 0 amide bonds. The van der Waals surface area contributed by atoms with Gasteiger partial charge < -0.3 is 10.6 Å². The van der Waals surface area contributed by atoms with E-state index in [1.54, 1.807) is 19.2 Å². The summed E-state index contributed by atoms with van der Waals surface area (Å²) in [6.07, 6.45) is -3.80. The van der Waals surface area contributed by atoms with Crippen molar-refractivity contribution in [3.8, 4) is 0 Å². The van der Waals surface area contributed by atoms with E-state index in [0.717, 1.165) is 22.3 Å². The van der Waals surface area contributed by atoms with E-state index in [4.69, 9.17) is 0 Å². The molecule has 25 heavy (non-hydrogen) atoms. The number of aromatic nitrogens is 1. The SMILES string of the molecule is CN=C(NCCc1ccc(F)c(Br)c1)NCc1nc(C(F)(F)F)cs1. The monoisotopic (exact) mass is 438 g/mol. The molecule has 0 aliphatic heterocycles. The van der Waals surface area contributed by atoms with Gasteiger partial charge in [-0.1, -0.05) is 6.07 Å². The van der Waals surface area contributed by atoms with Crippen LogP contribution in [0.5, 0.6) is 0 Å². The standard InChI is InChI=1S/C15H15BrF4N4S/c1-21-14(22-5-4-9-2-3-11(17)10(16)6-9)23-7-13-24-12(8-25-13)15(18,19)20/h2-3,6,8H,4-5,7H2,1H3,(H2,21,22,23). The number of hydrogen-bond donors (Lipinski definition) is 2. The molecule has 2 rings (SSSR count). The first-order valence-corrected chi connectivity index (χ1v) is 8.87. The maximum Gasteiger partial charge on any atom is 0.434 e. The summed E-state index contributed by atoms with van der Waals surface area (Å²) in [5.74, 6) is 0.126. The highest BCUT2D eigenvalue weighted by Gasteiger charge is 2.33. The van der Waals surface area contributed by atoms with Crippen LogP contribution >= 0.6 is 27.3 Å². The second-order valence-electron chi connectivity index (χ2n) is 4.98. The lowest BCUT2D eigenvalue weighted by atomic mass is 10.1. The second kappa shape index (κ2) is 8.61. The minimum Gasteiger partial charge on any atom is -0.356 e. The molecular weight excluding hydrogens is 424 g/mol. The van der Waals surface area contributed by atoms with Crippen LogP contribution in [0.1, 0.15) is 16.3 Å². The van der Waals surface area contributed by atoms with Crippen molar-refractivity contribution in [2.24, 2.45) is 4.99 Å². The van der Waals surface area contributed by atoms with Crippen LogP contribution in [0.4, 0.5) is 17.6 Å². The Labute approximate surface area is 154 Å². The van der Waals surface area contributed by atoms with Crippen molar-refractivity contribution in [1.29, 1.82) is 0 Å². The van der Waals surface area contributed by atoms with Crippen LogP contribution in [0, 0.1) is 5.82 Å². The summed E-state index contributed by atoms with van der Waals surface area (Å²) in [5, 5.41) is 7.25. The number of halogens is 5. The number of guanidine groups is 1. The Balaban J connectivity index is 1.80. The van der Waals surface area contributed by atoms with Gasteiger partial charge in [-0.05, 0) is 40.0 Å². The molecule has 0 bridgehead atoms. The van der Waals surface area contributed by atoms with Crippen LogP contribution in [0.15, 0.2) is 33.0 Å². The van der Waals surface area contributed by atoms with E-state index in [1.165, 1.54) is 6.07 Å². The molecule has 1 aromatic heterocycles. The molecule has 1 heterocycles. The third-order valence-electron chi connectivity index (χ3n) is 3.16. The number of rotatable bonds is 5. The fourth-order valence-corrected chi connectivity index (χ4v) is 3.09. The van der Waals surface area contributed by atoms with Crippen molar-refractivity contribution in [1.82, 2.24) is 15.6 Å². The van der Waals surface area contributed by atoms with E-state index >= 15 is 0 Å². The summed E-state index contributed by atoms with van der Waals surface area (Å²) >= 11 is 4.07. The smallest absolute Gasteiger partial charge is 0.356 e. The van der Waals surface area contributed by atoms with Gasteiger partial charge in [-0.3, -0.25) is 4.99 Å². The van der Waals surface area contributed by atoms with Crippen LogP contribution in [0.3, 0.4) is 0 Å². The van der Waals surface area contributed by atoms with E-state index in [1.807, 2.05) is 0 Å². The minimum absolute atomic E-state index is 0.141. The molecule has 0 saturated carbocycles. The number of benzene rings is 1. The zero-order valence-corrected chi connectivity index (χ0v) is 15.5. The van der Waals surface area contributed by atoms with Crippen molar-refractivity contribution in [2.75, 3.05) is 13.6 Å². The van der Waals surface area contributed by atoms with Crippen molar-refractivity contribution >= 4 is 33.2 Å². The van der Waals surface area contributed by atoms with Crippen molar-refractivity contribution < 1.29 is 17.6 Å². The molecule has 0 radical (unpaired) electrons. The molecule has 0 aliphatic rings. The Hall–Kier alpha value is -1.68. The number of aliphatic imine (C=N–C) groups is 1. The summed E-state index contributed by atoms with van der Waals surface area (Å²) in [6, 6.07) is 4.76. The Kier molecular flexibility index (Phi) is 6.77. The van der Waals surface area contributed by atoms with Gasteiger partial charge in [0.1, 0.15) is 10.8 Å². The average Bonchev–Trinajstić information content (AvgIpc) is 3.03. The summed E-state index contributed by atoms with van der Waals surface area (Å²) < 4.78 is 51.1. The van der Waals surface area contributed by atoms with Gasteiger partial charge in [-0.25, -0.2) is 9.37 Å². The fourth-order valence-electron chi connectivity index (χ4n) is 1.92. The Morgan fingerprint density at radius 1 is 1.32 bits per heavy atom. The minimum atomic E-state index is -4.43. The molecule has 2 N–H and O–H groups in total. The molecular formula is C15H15BrF4N4S. The normalized spacial score (nSPS) is 12.3. The number of alkyl halides is 3. The molecule has 0 atom stereocenters. The first-order chi connectivity index (χ1) is 11.8. The maximum atomic E-state index is 13.2. The van der Waals surface area contributed by atoms with Gasteiger partial charge in [0.25, 0.3) is 0 Å². The number of nitrogens with zero attached hydrogens (tertiary/aromatic N) is 2. The van der Waals surface area contributed by atoms with Crippen molar-refractivity contribution in [3.63, 3.8) is 0 Å². The zero-order chi connectivity index (χ0) is 18.4. The lowest BCUT2D eigenvalue weighted by molar-refractivity contribution is -0.140. The van der Waals surface area contributed by atoms with Gasteiger partial charge in [0, 0.05) is 19.0 Å². The van der Waals surface area contributed by atoms with Gasteiger partial charge in [-0.15, -0.1) is 11.3 Å². The highest BCUT2D eigenvalue weighted by atomic mass is 79.9. The lowest BCUT2D eigenvalue weighted by Crippen LogP contribution is -2.37. The predicted molar refractivity (Wildman–Crippen MR) is 93.1 cm³/mol. The molecule has 4 nitrogen and oxygen atoms in total. The molecule has 0 spiro atoms. The molecule has 0 fully saturated rings. The topological polar surface area (TPSA) is 49.3 Å². The third kappa shape index (κ3) is 5.96. The first kappa shape index (κ1) is 19.6. The summed E-state index contributed by atoms with van der Waals surface area (Å²) in [4.78, 5) is 7.54. The zero-order valence-electron chi connectivity index (χ0n) is 13.1. The van der Waals surface area contributed by atoms with E-state index < -0.39 is 11.9 Å². The summed E-state index contributed by atoms with van der Waals surface area (Å²) in [6.45, 7) is 0.673. The quantitative estimate of drug-likeness (QED) is 0.421. The largest absolute Gasteiger partial charge is 0.434 e. The molecule has 0 aliphatic carbocycles. The van der Waals surface area contributed by atoms with Gasteiger partial charge in [-0.2, -0.15) is 13.2 Å². The second-order valence-corrected chi connectivity index (χ2v) is 6.77. The van der Waals surface area contributed by atoms with Crippen LogP contribution < -0.4 is 10.6 Å². The van der Waals surface area contributed by atoms with E-state index in [9.17, 15) is 17.6 Å². The molecule has 0 unspecified atom stereocenters. The van der Waals surface area contributed by atoms with Crippen LogP contribution in [-0.2, 0) is 19.1 Å². The lowest BCUT2D eigenvalue weighted by Gasteiger charge is -2.11. The molecule has 10 heteroatoms. The summed E-state index contributed by atoms with van der Waals surface area (Å²) in [7, 11) is 1.56. The number of thiazole rings is 1. The van der Waals surface area contributed by atoms with Gasteiger partial charge in [0.2, 0.25) is 0 Å². The first-order valence-electron chi connectivity index (χ1n) is 7.19. The van der Waals surface area contributed by atoms with Crippen LogP contribution in [0.2, 0.25) is 0 Å². The van der Waals surface area contributed by atoms with Crippen LogP contribution in [0.25, 0.3) is 0 Å². The van der Waals surface area contributed by atoms with Crippen LogP contribution in [-0.4, -0.2) is 24.5 Å². The Morgan fingerprint density at radius 2 is 2.08 bits per heavy atom. The van der Waals surface area contributed by atoms with Gasteiger partial charge in [0.15, 0.2) is 11.7 Å². The van der Waals surface area contributed by atoms with Gasteiger partial charge in [0.05, 0.1) is 11.0 Å². The van der Waals surface area contributed by atoms with Crippen molar-refractivity contribution in [2.45, 2.75) is 19.1 Å². The molecule has 1 aromatic carbocycles. The summed E-state index contributed by atoms with van der Waals surface area (Å²) in [5.41, 5.74) is 0.0464. The average molecular weight is 439 g/mol. The maximum absolute atomic E-state index is 13.2. The third-order valence-corrected chi connectivity index (χ3v) is 4.62. The van der Waals surface area contributed by atoms with Gasteiger partial charge >= 0.3 is 6.18 Å². The number of nitrogens with one attached hydrogen (secondary N) is 2. The van der Waals surface area contributed by atoms with Crippen molar-refractivity contribution in [3.05, 3.63) is 50.1 Å². The molecule has 136 valence electrons. The number of hydrogen-bond acceptors (Lipinski definition) is 3. The fraction of sp³-hybridized carbons (Fsp3) is 0.333.